The van der Waals surface area contributed by atoms with E-state index >= 15 is 0 Å². The average molecular weight is 566 g/mol. The minimum Gasteiger partial charge on any atom is -0.494 e. The van der Waals surface area contributed by atoms with E-state index in [1.807, 2.05) is 42.5 Å². The predicted octanol–water partition coefficient (Wildman–Crippen LogP) is 8.91. The van der Waals surface area contributed by atoms with Gasteiger partial charge in [0, 0.05) is 0 Å². The summed E-state index contributed by atoms with van der Waals surface area (Å²) in [4.78, 5) is 23.5. The molecule has 0 aromatic heterocycles. The van der Waals surface area contributed by atoms with Gasteiger partial charge in [0.1, 0.15) is 22.5 Å². The second kappa shape index (κ2) is 14.0. The van der Waals surface area contributed by atoms with Crippen molar-refractivity contribution in [3.05, 3.63) is 114 Å². The molecule has 5 rings (SSSR count). The number of rotatable bonds is 13. The summed E-state index contributed by atoms with van der Waals surface area (Å²) < 4.78 is 12.2. The van der Waals surface area contributed by atoms with Gasteiger partial charge in [-0.05, 0) is 108 Å². The van der Waals surface area contributed by atoms with E-state index in [1.54, 1.807) is 0 Å². The molecule has 1 unspecified atom stereocenters. The largest absolute Gasteiger partial charge is 0.494 e. The maximum absolute atomic E-state index is 12.0. The summed E-state index contributed by atoms with van der Waals surface area (Å²) in [5, 5.41) is 1.53. The van der Waals surface area contributed by atoms with Crippen LogP contribution in [0.1, 0.15) is 54.5 Å². The Morgan fingerprint density at radius 3 is 2.24 bits per heavy atom. The van der Waals surface area contributed by atoms with Gasteiger partial charge in [-0.15, -0.1) is 0 Å². The molecule has 1 fully saturated rings. The van der Waals surface area contributed by atoms with E-state index in [9.17, 15) is 9.59 Å². The molecular weight excluding hydrogens is 530 g/mol. The number of hydrogen-bond donors (Lipinski definition) is 1. The molecule has 0 radical (unpaired) electrons. The zero-order valence-corrected chi connectivity index (χ0v) is 24.1. The van der Waals surface area contributed by atoms with Gasteiger partial charge in [-0.2, -0.15) is 0 Å². The van der Waals surface area contributed by atoms with E-state index in [-0.39, 0.29) is 11.1 Å². The number of carbonyl (C=O) groups excluding carboxylic acids is 2. The monoisotopic (exact) mass is 565 g/mol. The first-order valence-corrected chi connectivity index (χ1v) is 15.2. The zero-order valence-electron chi connectivity index (χ0n) is 23.3. The van der Waals surface area contributed by atoms with Crippen molar-refractivity contribution < 1.29 is 19.1 Å². The Bertz CT molecular complexity index is 1470. The van der Waals surface area contributed by atoms with E-state index in [4.69, 9.17) is 9.47 Å². The maximum atomic E-state index is 12.0. The first kappa shape index (κ1) is 28.5. The van der Waals surface area contributed by atoms with Crippen LogP contribution in [0.15, 0.2) is 97.1 Å². The van der Waals surface area contributed by atoms with Crippen molar-refractivity contribution in [3.8, 4) is 28.4 Å². The molecule has 1 aliphatic heterocycles. The third kappa shape index (κ3) is 7.80. The molecule has 5 nitrogen and oxygen atoms in total. The van der Waals surface area contributed by atoms with Crippen LogP contribution in [0.2, 0.25) is 0 Å². The number of amides is 2. The minimum absolute atomic E-state index is 0.267. The van der Waals surface area contributed by atoms with E-state index in [1.165, 1.54) is 22.3 Å². The van der Waals surface area contributed by atoms with Crippen LogP contribution in [0, 0.1) is 0 Å². The van der Waals surface area contributed by atoms with Crippen molar-refractivity contribution in [1.82, 2.24) is 5.32 Å². The highest BCUT2D eigenvalue weighted by Crippen LogP contribution is 2.35. The zero-order chi connectivity index (χ0) is 28.4. The number of ether oxygens (including phenoxy) is 2. The molecule has 41 heavy (non-hydrogen) atoms. The highest BCUT2D eigenvalue weighted by atomic mass is 32.2. The van der Waals surface area contributed by atoms with Crippen molar-refractivity contribution in [3.63, 3.8) is 0 Å². The third-order valence-electron chi connectivity index (χ3n) is 7.10. The summed E-state index contributed by atoms with van der Waals surface area (Å²) in [7, 11) is 0. The molecule has 2 amide bonds. The molecule has 1 aliphatic rings. The number of aryl methyl sites for hydroxylation is 2. The average Bonchev–Trinajstić information content (AvgIpc) is 3.34. The first-order valence-electron chi connectivity index (χ1n) is 14.3. The first-order chi connectivity index (χ1) is 20.1. The van der Waals surface area contributed by atoms with Crippen molar-refractivity contribution in [2.75, 3.05) is 6.61 Å². The number of unbranched alkanes of at least 4 members (excludes halogenated alkanes) is 2. The molecule has 0 bridgehead atoms. The Kier molecular flexibility index (Phi) is 9.76. The molecule has 4 aromatic carbocycles. The second-order valence-electron chi connectivity index (χ2n) is 10.2. The van der Waals surface area contributed by atoms with Crippen LogP contribution in [-0.2, 0) is 17.6 Å². The quantitative estimate of drug-likeness (QED) is 0.164. The van der Waals surface area contributed by atoms with Gasteiger partial charge >= 0.3 is 0 Å². The van der Waals surface area contributed by atoms with Crippen molar-refractivity contribution in [1.29, 1.82) is 0 Å². The maximum Gasteiger partial charge on any atom is 0.286 e. The fourth-order valence-electron chi connectivity index (χ4n) is 5.02. The van der Waals surface area contributed by atoms with Crippen molar-refractivity contribution in [2.45, 2.75) is 50.7 Å². The topological polar surface area (TPSA) is 64.6 Å². The predicted molar refractivity (Wildman–Crippen MR) is 166 cm³/mol. The number of imide groups is 1. The van der Waals surface area contributed by atoms with E-state index in [0.717, 1.165) is 73.1 Å². The Morgan fingerprint density at radius 2 is 1.49 bits per heavy atom. The van der Waals surface area contributed by atoms with Crippen LogP contribution in [0.5, 0.6) is 17.2 Å². The summed E-state index contributed by atoms with van der Waals surface area (Å²) in [5.74, 6) is 2.17. The lowest BCUT2D eigenvalue weighted by Gasteiger charge is -2.13. The van der Waals surface area contributed by atoms with Gasteiger partial charge in [0.15, 0.2) is 0 Å². The van der Waals surface area contributed by atoms with E-state index < -0.39 is 5.25 Å². The lowest BCUT2D eigenvalue weighted by atomic mass is 9.98. The lowest BCUT2D eigenvalue weighted by Crippen LogP contribution is -2.20. The SMILES string of the molecule is CCCc1cc(Oc2ccc(-c3ccccc3)cc2)ccc1CCCCCOc1cccc(C2SC(=O)NC2=O)c1. The Labute approximate surface area is 246 Å². The van der Waals surface area contributed by atoms with Gasteiger partial charge in [-0.1, -0.05) is 74.0 Å². The fraction of sp³-hybridized carbons (Fsp3) is 0.257. The molecule has 0 spiro atoms. The normalized spacial score (nSPS) is 14.6. The molecular formula is C35H35NO4S. The molecule has 1 N–H and O–H groups in total. The van der Waals surface area contributed by atoms with Gasteiger partial charge in [0.05, 0.1) is 6.61 Å². The number of hydrogen-bond acceptors (Lipinski definition) is 5. The molecule has 0 saturated carbocycles. The van der Waals surface area contributed by atoms with Gasteiger partial charge in [-0.3, -0.25) is 14.9 Å². The number of thioether (sulfide) groups is 1. The summed E-state index contributed by atoms with van der Waals surface area (Å²) in [5.41, 5.74) is 5.90. The third-order valence-corrected chi connectivity index (χ3v) is 8.14. The Hall–Kier alpha value is -4.03. The second-order valence-corrected chi connectivity index (χ2v) is 11.3. The van der Waals surface area contributed by atoms with Crippen LogP contribution in [0.3, 0.4) is 0 Å². The molecule has 1 saturated heterocycles. The van der Waals surface area contributed by atoms with Gasteiger partial charge in [0.2, 0.25) is 5.91 Å². The highest BCUT2D eigenvalue weighted by Gasteiger charge is 2.33. The summed E-state index contributed by atoms with van der Waals surface area (Å²) in [6.45, 7) is 2.83. The number of benzene rings is 4. The van der Waals surface area contributed by atoms with Crippen LogP contribution in [-0.4, -0.2) is 17.8 Å². The molecule has 4 aromatic rings. The smallest absolute Gasteiger partial charge is 0.286 e. The van der Waals surface area contributed by atoms with Crippen LogP contribution in [0.4, 0.5) is 4.79 Å². The minimum atomic E-state index is -0.500. The standard InChI is InChI=1S/C35H35NO4S/c1-2-10-28-23-32(40-30-19-16-27(17-20-30)25-11-5-3-6-12-25)21-18-26(28)13-7-4-8-22-39-31-15-9-14-29(24-31)33-34(37)36-35(38)41-33/h3,5-6,9,11-12,14-21,23-24,33H,2,4,7-8,10,13,22H2,1H3,(H,36,37,38). The van der Waals surface area contributed by atoms with Gasteiger partial charge in [0.25, 0.3) is 5.24 Å². The van der Waals surface area contributed by atoms with E-state index in [0.29, 0.717) is 6.61 Å². The summed E-state index contributed by atoms with van der Waals surface area (Å²) in [6.07, 6.45) is 6.24. The lowest BCUT2D eigenvalue weighted by molar-refractivity contribution is -0.119. The number of nitrogens with one attached hydrogen (secondary N) is 1. The fourth-order valence-corrected chi connectivity index (χ4v) is 5.84. The van der Waals surface area contributed by atoms with Gasteiger partial charge < -0.3 is 9.47 Å². The number of carbonyl (C=O) groups is 2. The Morgan fingerprint density at radius 1 is 0.707 bits per heavy atom. The van der Waals surface area contributed by atoms with E-state index in [2.05, 4.69) is 66.8 Å². The van der Waals surface area contributed by atoms with Gasteiger partial charge in [-0.25, -0.2) is 0 Å². The van der Waals surface area contributed by atoms with Crippen LogP contribution < -0.4 is 14.8 Å². The molecule has 1 heterocycles. The van der Waals surface area contributed by atoms with Crippen molar-refractivity contribution >= 4 is 22.9 Å². The van der Waals surface area contributed by atoms with Crippen LogP contribution in [0.25, 0.3) is 11.1 Å². The van der Waals surface area contributed by atoms with Crippen LogP contribution >= 0.6 is 11.8 Å². The molecule has 1 atom stereocenters. The van der Waals surface area contributed by atoms with Crippen molar-refractivity contribution in [2.24, 2.45) is 0 Å². The highest BCUT2D eigenvalue weighted by molar-refractivity contribution is 8.15. The molecule has 0 aliphatic carbocycles. The summed E-state index contributed by atoms with van der Waals surface area (Å²) in [6, 6.07) is 32.5. The molecule has 210 valence electrons. The molecule has 6 heteroatoms. The summed E-state index contributed by atoms with van der Waals surface area (Å²) >= 11 is 1.01. The Balaban J connectivity index is 1.09.